The van der Waals surface area contributed by atoms with Gasteiger partial charge in [0.15, 0.2) is 0 Å². The SMILES string of the molecule is CCn1cc(CO[C@H](c2ccc(C)c(CN3C[C@@H](C)Cc4ccccc4S3(=O)=O)c2)C(C)(C)C(=O)Nc2cccnc2)nn1. The third-order valence-corrected chi connectivity index (χ3v) is 10.1. The number of aryl methyl sites for hydroxylation is 2. The Morgan fingerprint density at radius 1 is 1.16 bits per heavy atom. The molecule has 4 aromatic rings. The van der Waals surface area contributed by atoms with Crippen molar-refractivity contribution in [3.63, 3.8) is 0 Å². The highest BCUT2D eigenvalue weighted by Gasteiger charge is 2.40. The molecule has 3 heterocycles. The van der Waals surface area contributed by atoms with Gasteiger partial charge in [-0.2, -0.15) is 4.31 Å². The number of fused-ring (bicyclic) bond motifs is 1. The Morgan fingerprint density at radius 3 is 2.68 bits per heavy atom. The first-order valence-corrected chi connectivity index (χ1v) is 16.3. The maximum Gasteiger partial charge on any atom is 0.243 e. The van der Waals surface area contributed by atoms with E-state index in [9.17, 15) is 13.2 Å². The second kappa shape index (κ2) is 13.0. The second-order valence-electron chi connectivity index (χ2n) is 12.1. The van der Waals surface area contributed by atoms with Crippen molar-refractivity contribution in [2.24, 2.45) is 11.3 Å². The minimum atomic E-state index is -3.71. The highest BCUT2D eigenvalue weighted by atomic mass is 32.2. The number of rotatable bonds is 10. The van der Waals surface area contributed by atoms with Crippen LogP contribution in [0.3, 0.4) is 0 Å². The summed E-state index contributed by atoms with van der Waals surface area (Å²) in [6.45, 7) is 11.1. The molecule has 0 saturated carbocycles. The third-order valence-electron chi connectivity index (χ3n) is 8.16. The molecule has 0 unspecified atom stereocenters. The molecule has 0 spiro atoms. The van der Waals surface area contributed by atoms with E-state index >= 15 is 0 Å². The van der Waals surface area contributed by atoms with Crippen LogP contribution in [0, 0.1) is 18.3 Å². The van der Waals surface area contributed by atoms with Gasteiger partial charge in [0.25, 0.3) is 0 Å². The van der Waals surface area contributed by atoms with E-state index < -0.39 is 21.5 Å². The number of nitrogens with one attached hydrogen (secondary N) is 1. The number of carbonyl (C=O) groups excluding carboxylic acids is 1. The van der Waals surface area contributed by atoms with Crippen LogP contribution >= 0.6 is 0 Å². The molecule has 1 N–H and O–H groups in total. The smallest absolute Gasteiger partial charge is 0.243 e. The number of amides is 1. The molecule has 10 nitrogen and oxygen atoms in total. The van der Waals surface area contributed by atoms with Crippen molar-refractivity contribution in [2.75, 3.05) is 11.9 Å². The van der Waals surface area contributed by atoms with Gasteiger partial charge in [-0.3, -0.25) is 14.5 Å². The summed E-state index contributed by atoms with van der Waals surface area (Å²) in [4.78, 5) is 18.2. The van der Waals surface area contributed by atoms with Crippen LogP contribution in [0.1, 0.15) is 61.7 Å². The van der Waals surface area contributed by atoms with Crippen LogP contribution in [0.2, 0.25) is 0 Å². The summed E-state index contributed by atoms with van der Waals surface area (Å²) in [5, 5.41) is 11.3. The average molecular weight is 617 g/mol. The van der Waals surface area contributed by atoms with Gasteiger partial charge in [0.2, 0.25) is 15.9 Å². The van der Waals surface area contributed by atoms with Gasteiger partial charge in [-0.25, -0.2) is 8.42 Å². The van der Waals surface area contributed by atoms with Gasteiger partial charge < -0.3 is 10.1 Å². The number of hydrogen-bond donors (Lipinski definition) is 1. The van der Waals surface area contributed by atoms with E-state index in [1.54, 1.807) is 45.6 Å². The molecule has 2 aromatic carbocycles. The lowest BCUT2D eigenvalue weighted by Crippen LogP contribution is -2.38. The first-order chi connectivity index (χ1) is 21.0. The molecule has 1 aliphatic heterocycles. The highest BCUT2D eigenvalue weighted by Crippen LogP contribution is 2.39. The van der Waals surface area contributed by atoms with Crippen LogP contribution in [0.25, 0.3) is 0 Å². The Kier molecular flexibility index (Phi) is 9.28. The summed E-state index contributed by atoms with van der Waals surface area (Å²) in [6, 6.07) is 16.7. The van der Waals surface area contributed by atoms with Gasteiger partial charge in [0.1, 0.15) is 5.69 Å². The van der Waals surface area contributed by atoms with Gasteiger partial charge in [0, 0.05) is 25.8 Å². The number of aromatic nitrogens is 4. The number of anilines is 1. The molecule has 0 radical (unpaired) electrons. The van der Waals surface area contributed by atoms with E-state index in [1.807, 2.05) is 64.2 Å². The van der Waals surface area contributed by atoms with Crippen LogP contribution in [-0.2, 0) is 45.7 Å². The van der Waals surface area contributed by atoms with E-state index in [0.717, 1.165) is 22.3 Å². The first-order valence-electron chi connectivity index (χ1n) is 14.9. The molecule has 0 aliphatic carbocycles. The highest BCUT2D eigenvalue weighted by molar-refractivity contribution is 7.89. The van der Waals surface area contributed by atoms with E-state index in [4.69, 9.17) is 4.74 Å². The molecule has 1 amide bonds. The fourth-order valence-corrected chi connectivity index (χ4v) is 7.38. The number of carbonyl (C=O) groups is 1. The molecule has 1 aliphatic rings. The normalized spacial score (nSPS) is 17.4. The van der Waals surface area contributed by atoms with Crippen molar-refractivity contribution < 1.29 is 17.9 Å². The van der Waals surface area contributed by atoms with E-state index in [1.165, 1.54) is 0 Å². The summed E-state index contributed by atoms with van der Waals surface area (Å²) in [7, 11) is -3.71. The lowest BCUT2D eigenvalue weighted by molar-refractivity contribution is -0.134. The van der Waals surface area contributed by atoms with Crippen LogP contribution in [0.4, 0.5) is 5.69 Å². The third kappa shape index (κ3) is 6.74. The minimum absolute atomic E-state index is 0.145. The molecular weight excluding hydrogens is 576 g/mol. The minimum Gasteiger partial charge on any atom is -0.366 e. The van der Waals surface area contributed by atoms with Crippen molar-refractivity contribution in [1.29, 1.82) is 0 Å². The zero-order valence-electron chi connectivity index (χ0n) is 25.9. The van der Waals surface area contributed by atoms with Crippen molar-refractivity contribution in [2.45, 2.75) is 71.7 Å². The Balaban J connectivity index is 1.48. The van der Waals surface area contributed by atoms with Crippen LogP contribution in [0.15, 0.2) is 78.1 Å². The number of nitrogens with zero attached hydrogens (tertiary/aromatic N) is 5. The molecular formula is C33H40N6O4S. The van der Waals surface area contributed by atoms with Gasteiger partial charge in [-0.05, 0) is 80.5 Å². The Labute approximate surface area is 259 Å². The van der Waals surface area contributed by atoms with Gasteiger partial charge in [-0.15, -0.1) is 5.10 Å². The largest absolute Gasteiger partial charge is 0.366 e. The predicted octanol–water partition coefficient (Wildman–Crippen LogP) is 5.31. The lowest BCUT2D eigenvalue weighted by Gasteiger charge is -2.34. The Morgan fingerprint density at radius 2 is 1.95 bits per heavy atom. The quantitative estimate of drug-likeness (QED) is 0.257. The predicted molar refractivity (Wildman–Crippen MR) is 168 cm³/mol. The van der Waals surface area contributed by atoms with E-state index in [0.29, 0.717) is 35.8 Å². The number of sulfonamides is 1. The Bertz CT molecular complexity index is 1720. The fraction of sp³-hybridized carbons (Fsp3) is 0.394. The lowest BCUT2D eigenvalue weighted by atomic mass is 9.80. The molecule has 2 atom stereocenters. The number of pyridine rings is 1. The van der Waals surface area contributed by atoms with E-state index in [2.05, 4.69) is 27.5 Å². The van der Waals surface area contributed by atoms with Gasteiger partial charge in [0.05, 0.1) is 41.1 Å². The zero-order chi connectivity index (χ0) is 31.5. The number of ether oxygens (including phenoxy) is 1. The fourth-order valence-electron chi connectivity index (χ4n) is 5.61. The topological polar surface area (TPSA) is 119 Å². The van der Waals surface area contributed by atoms with E-state index in [-0.39, 0.29) is 25.0 Å². The summed E-state index contributed by atoms with van der Waals surface area (Å²) in [6.07, 6.45) is 5.07. The maximum absolute atomic E-state index is 13.8. The van der Waals surface area contributed by atoms with Crippen molar-refractivity contribution in [1.82, 2.24) is 24.3 Å². The Hall–Kier alpha value is -3.93. The van der Waals surface area contributed by atoms with Crippen molar-refractivity contribution in [3.05, 3.63) is 101 Å². The molecule has 232 valence electrons. The molecule has 0 bridgehead atoms. The van der Waals surface area contributed by atoms with Crippen LogP contribution in [-0.4, -0.2) is 45.2 Å². The number of hydrogen-bond acceptors (Lipinski definition) is 7. The molecule has 11 heteroatoms. The first kappa shape index (κ1) is 31.5. The number of benzene rings is 2. The van der Waals surface area contributed by atoms with Crippen LogP contribution < -0.4 is 5.32 Å². The maximum atomic E-state index is 13.8. The van der Waals surface area contributed by atoms with Gasteiger partial charge in [-0.1, -0.05) is 48.5 Å². The zero-order valence-corrected chi connectivity index (χ0v) is 26.7. The van der Waals surface area contributed by atoms with Crippen molar-refractivity contribution in [3.8, 4) is 0 Å². The van der Waals surface area contributed by atoms with Crippen molar-refractivity contribution >= 4 is 21.6 Å². The molecule has 2 aromatic heterocycles. The molecule has 0 fully saturated rings. The summed E-state index contributed by atoms with van der Waals surface area (Å²) < 4.78 is 37.5. The standard InChI is InChI=1S/C33H40N6O4S/c1-6-38-21-29(36-37-38)22-43-31(33(4,5)32(40)35-28-11-9-15-34-18-28)26-14-13-24(3)27(17-26)20-39-19-23(2)16-25-10-7-8-12-30(25)44(39,41)42/h7-15,17-18,21,23,31H,6,16,19-20,22H2,1-5H3,(H,35,40)/t23-,31+/m0/s1. The monoisotopic (exact) mass is 616 g/mol. The molecule has 0 saturated heterocycles. The van der Waals surface area contributed by atoms with Gasteiger partial charge >= 0.3 is 0 Å². The molecule has 44 heavy (non-hydrogen) atoms. The summed E-state index contributed by atoms with van der Waals surface area (Å²) in [5.41, 5.74) is 3.62. The second-order valence-corrected chi connectivity index (χ2v) is 14.0. The average Bonchev–Trinajstić information content (AvgIpc) is 3.43. The summed E-state index contributed by atoms with van der Waals surface area (Å²) >= 11 is 0. The summed E-state index contributed by atoms with van der Waals surface area (Å²) in [5.74, 6) is -0.0880. The van der Waals surface area contributed by atoms with Crippen LogP contribution in [0.5, 0.6) is 0 Å². The molecule has 5 rings (SSSR count).